The van der Waals surface area contributed by atoms with Gasteiger partial charge in [0.1, 0.15) is 5.82 Å². The van der Waals surface area contributed by atoms with Crippen molar-refractivity contribution >= 4 is 34.1 Å². The molecule has 0 aliphatic carbocycles. The Kier molecular flexibility index (Phi) is 6.01. The summed E-state index contributed by atoms with van der Waals surface area (Å²) < 4.78 is 17.9. The number of para-hydroxylation sites is 1. The van der Waals surface area contributed by atoms with Gasteiger partial charge in [-0.25, -0.2) is 18.5 Å². The molecule has 2 aromatic heterocycles. The average molecular weight is 484 g/mol. The summed E-state index contributed by atoms with van der Waals surface area (Å²) in [4.78, 5) is 17.7. The van der Waals surface area contributed by atoms with Gasteiger partial charge in [-0.1, -0.05) is 30.3 Å². The van der Waals surface area contributed by atoms with Crippen LogP contribution in [0.2, 0.25) is 0 Å². The number of aryl methyl sites for hydroxylation is 1. The molecule has 2 heterocycles. The van der Waals surface area contributed by atoms with E-state index in [-0.39, 0.29) is 17.4 Å². The lowest BCUT2D eigenvalue weighted by Gasteiger charge is -2.21. The smallest absolute Gasteiger partial charge is 0.337 e. The van der Waals surface area contributed by atoms with Crippen LogP contribution in [0.15, 0.2) is 79.0 Å². The normalized spacial score (nSPS) is 12.0. The number of aromatic carboxylic acids is 1. The third-order valence-electron chi connectivity index (χ3n) is 5.93. The molecule has 5 aromatic rings. The summed E-state index contributed by atoms with van der Waals surface area (Å²) in [5, 5.41) is 13.9. The number of halogens is 1. The molecule has 7 heteroatoms. The van der Waals surface area contributed by atoms with E-state index in [0.717, 1.165) is 43.7 Å². The highest BCUT2D eigenvalue weighted by Gasteiger charge is 2.19. The van der Waals surface area contributed by atoms with Gasteiger partial charge in [0.05, 0.1) is 21.7 Å². The number of pyridine rings is 1. The summed E-state index contributed by atoms with van der Waals surface area (Å²) in [6.07, 6.45) is 1.74. The van der Waals surface area contributed by atoms with Crippen molar-refractivity contribution in [2.24, 2.45) is 0 Å². The van der Waals surface area contributed by atoms with Crippen LogP contribution in [0.1, 0.15) is 34.5 Å². The maximum atomic E-state index is 13.7. The van der Waals surface area contributed by atoms with Crippen molar-refractivity contribution in [2.75, 3.05) is 5.32 Å². The van der Waals surface area contributed by atoms with Gasteiger partial charge in [-0.2, -0.15) is 0 Å². The zero-order valence-electron chi connectivity index (χ0n) is 19.1. The van der Waals surface area contributed by atoms with Gasteiger partial charge in [-0.3, -0.25) is 0 Å². The average Bonchev–Trinajstić information content (AvgIpc) is 3.38. The molecule has 35 heavy (non-hydrogen) atoms. The third kappa shape index (κ3) is 4.50. The molecule has 0 saturated heterocycles. The lowest BCUT2D eigenvalue weighted by molar-refractivity contribution is 0.0698. The molecular weight excluding hydrogens is 461 g/mol. The first-order chi connectivity index (χ1) is 16.9. The Balaban J connectivity index is 1.69. The predicted molar refractivity (Wildman–Crippen MR) is 138 cm³/mol. The Morgan fingerprint density at radius 1 is 1.06 bits per heavy atom. The van der Waals surface area contributed by atoms with Crippen molar-refractivity contribution in [1.29, 1.82) is 0 Å². The quantitative estimate of drug-likeness (QED) is 0.264. The SMILES string of the molecule is Cc1cc(C(C)Nc2ccccc2C(=O)O)c2cc(-c3ccc(F)cc3)c(-c3ccns3)nc2c1. The largest absolute Gasteiger partial charge is 0.478 e. The number of rotatable bonds is 6. The molecule has 0 radical (unpaired) electrons. The number of anilines is 1. The van der Waals surface area contributed by atoms with Crippen molar-refractivity contribution in [1.82, 2.24) is 9.36 Å². The molecule has 0 aliphatic heterocycles. The summed E-state index contributed by atoms with van der Waals surface area (Å²) in [5.74, 6) is -1.28. The van der Waals surface area contributed by atoms with Gasteiger partial charge < -0.3 is 10.4 Å². The second-order valence-corrected chi connectivity index (χ2v) is 9.24. The Hall–Kier alpha value is -4.10. The van der Waals surface area contributed by atoms with Crippen LogP contribution >= 0.6 is 11.5 Å². The van der Waals surface area contributed by atoms with E-state index in [2.05, 4.69) is 21.8 Å². The first kappa shape index (κ1) is 22.7. The van der Waals surface area contributed by atoms with Crippen molar-refractivity contribution in [3.63, 3.8) is 0 Å². The molecule has 3 aromatic carbocycles. The van der Waals surface area contributed by atoms with Crippen LogP contribution in [-0.2, 0) is 0 Å². The topological polar surface area (TPSA) is 75.1 Å². The van der Waals surface area contributed by atoms with E-state index in [4.69, 9.17) is 4.98 Å². The minimum atomic E-state index is -0.983. The number of aromatic nitrogens is 2. The van der Waals surface area contributed by atoms with Crippen LogP contribution in [0, 0.1) is 12.7 Å². The summed E-state index contributed by atoms with van der Waals surface area (Å²) in [6.45, 7) is 4.02. The minimum absolute atomic E-state index is 0.199. The van der Waals surface area contributed by atoms with Crippen LogP contribution in [0.3, 0.4) is 0 Å². The monoisotopic (exact) mass is 483 g/mol. The highest BCUT2D eigenvalue weighted by atomic mass is 32.1. The van der Waals surface area contributed by atoms with Gasteiger partial charge in [0, 0.05) is 28.9 Å². The van der Waals surface area contributed by atoms with E-state index >= 15 is 0 Å². The number of benzene rings is 3. The third-order valence-corrected chi connectivity index (χ3v) is 6.69. The fourth-order valence-electron chi connectivity index (χ4n) is 4.29. The van der Waals surface area contributed by atoms with Gasteiger partial charge in [-0.05, 0) is 84.5 Å². The van der Waals surface area contributed by atoms with E-state index in [1.165, 1.54) is 23.7 Å². The van der Waals surface area contributed by atoms with E-state index in [1.54, 1.807) is 36.5 Å². The molecule has 1 atom stereocenters. The van der Waals surface area contributed by atoms with Crippen LogP contribution in [0.5, 0.6) is 0 Å². The highest BCUT2D eigenvalue weighted by Crippen LogP contribution is 2.38. The summed E-state index contributed by atoms with van der Waals surface area (Å²) in [5.41, 5.74) is 6.16. The molecule has 0 spiro atoms. The molecule has 5 nitrogen and oxygen atoms in total. The number of hydrogen-bond acceptors (Lipinski definition) is 5. The first-order valence-corrected chi connectivity index (χ1v) is 11.9. The Morgan fingerprint density at radius 3 is 2.54 bits per heavy atom. The van der Waals surface area contributed by atoms with E-state index < -0.39 is 5.97 Å². The number of hydrogen-bond donors (Lipinski definition) is 2. The number of carbonyl (C=O) groups is 1. The van der Waals surface area contributed by atoms with Gasteiger partial charge in [-0.15, -0.1) is 0 Å². The van der Waals surface area contributed by atoms with Crippen LogP contribution in [0.4, 0.5) is 10.1 Å². The van der Waals surface area contributed by atoms with Gasteiger partial charge in [0.25, 0.3) is 0 Å². The van der Waals surface area contributed by atoms with Crippen LogP contribution < -0.4 is 5.32 Å². The molecule has 5 rings (SSSR count). The van der Waals surface area contributed by atoms with E-state index in [1.807, 2.05) is 32.0 Å². The minimum Gasteiger partial charge on any atom is -0.478 e. The maximum absolute atomic E-state index is 13.7. The summed E-state index contributed by atoms with van der Waals surface area (Å²) in [6, 6.07) is 21.2. The standard InChI is InChI=1S/C28H22FN3O2S/c1-16-13-21(17(2)31-24-6-4-3-5-20(24)28(33)34)23-15-22(18-7-9-19(29)10-8-18)27(32-25(23)14-16)26-11-12-30-35-26/h3-15,17,31H,1-2H3,(H,33,34). The fourth-order valence-corrected chi connectivity index (χ4v) is 4.89. The molecule has 174 valence electrons. The molecule has 2 N–H and O–H groups in total. The number of carboxylic acids is 1. The molecule has 0 bridgehead atoms. The van der Waals surface area contributed by atoms with E-state index in [9.17, 15) is 14.3 Å². The molecule has 0 amide bonds. The molecule has 0 saturated carbocycles. The van der Waals surface area contributed by atoms with Gasteiger partial charge >= 0.3 is 5.97 Å². The highest BCUT2D eigenvalue weighted by molar-refractivity contribution is 7.09. The van der Waals surface area contributed by atoms with Crippen molar-refractivity contribution in [3.05, 3.63) is 102 Å². The zero-order valence-corrected chi connectivity index (χ0v) is 19.9. The number of carboxylic acid groups (broad SMARTS) is 1. The van der Waals surface area contributed by atoms with Crippen LogP contribution in [0.25, 0.3) is 32.6 Å². The Bertz CT molecular complexity index is 1530. The van der Waals surface area contributed by atoms with Crippen molar-refractivity contribution in [2.45, 2.75) is 19.9 Å². The predicted octanol–water partition coefficient (Wildman–Crippen LogP) is 7.34. The van der Waals surface area contributed by atoms with Crippen molar-refractivity contribution in [3.8, 4) is 21.7 Å². The first-order valence-electron chi connectivity index (χ1n) is 11.1. The maximum Gasteiger partial charge on any atom is 0.337 e. The van der Waals surface area contributed by atoms with Crippen LogP contribution in [-0.4, -0.2) is 20.4 Å². The fraction of sp³-hybridized carbons (Fsp3) is 0.107. The molecular formula is C28H22FN3O2S. The molecule has 0 fully saturated rings. The summed E-state index contributed by atoms with van der Waals surface area (Å²) in [7, 11) is 0. The zero-order chi connectivity index (χ0) is 24.5. The number of nitrogens with zero attached hydrogens (tertiary/aromatic N) is 2. The van der Waals surface area contributed by atoms with E-state index in [0.29, 0.717) is 5.69 Å². The lowest BCUT2D eigenvalue weighted by atomic mass is 9.94. The number of fused-ring (bicyclic) bond motifs is 1. The second-order valence-electron chi connectivity index (χ2n) is 8.41. The van der Waals surface area contributed by atoms with Gasteiger partial charge in [0.15, 0.2) is 0 Å². The van der Waals surface area contributed by atoms with Gasteiger partial charge in [0.2, 0.25) is 0 Å². The summed E-state index contributed by atoms with van der Waals surface area (Å²) >= 11 is 1.36. The lowest BCUT2D eigenvalue weighted by Crippen LogP contribution is -2.11. The van der Waals surface area contributed by atoms with Crippen molar-refractivity contribution < 1.29 is 14.3 Å². The second kappa shape index (κ2) is 9.27. The molecule has 0 aliphatic rings. The Morgan fingerprint density at radius 2 is 1.83 bits per heavy atom. The Labute approximate surface area is 206 Å². The number of nitrogens with one attached hydrogen (secondary N) is 1. The molecule has 1 unspecified atom stereocenters.